The van der Waals surface area contributed by atoms with Crippen molar-refractivity contribution in [2.45, 2.75) is 6.92 Å². The summed E-state index contributed by atoms with van der Waals surface area (Å²) in [6, 6.07) is 22.0. The van der Waals surface area contributed by atoms with Gasteiger partial charge in [-0.2, -0.15) is 0 Å². The Morgan fingerprint density at radius 1 is 0.962 bits per heavy atom. The van der Waals surface area contributed by atoms with Crippen molar-refractivity contribution in [2.24, 2.45) is 0 Å². The Labute approximate surface area is 152 Å². The van der Waals surface area contributed by atoms with Gasteiger partial charge in [0.15, 0.2) is 0 Å². The second-order valence-corrected chi connectivity index (χ2v) is 6.34. The van der Waals surface area contributed by atoms with E-state index >= 15 is 0 Å². The molecule has 0 saturated carbocycles. The van der Waals surface area contributed by atoms with Gasteiger partial charge in [0.2, 0.25) is 0 Å². The zero-order valence-corrected chi connectivity index (χ0v) is 14.7. The number of amides is 1. The molecule has 128 valence electrons. The summed E-state index contributed by atoms with van der Waals surface area (Å²) in [7, 11) is 1.67. The molecule has 3 aromatic carbocycles. The molecule has 0 radical (unpaired) electrons. The molecule has 26 heavy (non-hydrogen) atoms. The lowest BCUT2D eigenvalue weighted by Gasteiger charge is -2.10. The maximum absolute atomic E-state index is 12.5. The normalized spacial score (nSPS) is 14.2. The van der Waals surface area contributed by atoms with E-state index < -0.39 is 0 Å². The maximum atomic E-state index is 12.5. The lowest BCUT2D eigenvalue weighted by atomic mass is 9.97. The minimum absolute atomic E-state index is 0.0635. The molecule has 0 aromatic heterocycles. The van der Waals surface area contributed by atoms with Gasteiger partial charge in [-0.3, -0.25) is 4.79 Å². The van der Waals surface area contributed by atoms with E-state index in [0.29, 0.717) is 5.57 Å². The highest BCUT2D eigenvalue weighted by molar-refractivity contribution is 6.35. The molecule has 0 unspecified atom stereocenters. The predicted octanol–water partition coefficient (Wildman–Crippen LogP) is 5.16. The van der Waals surface area contributed by atoms with Crippen LogP contribution in [-0.2, 0) is 4.79 Å². The molecule has 0 fully saturated rings. The Morgan fingerprint density at radius 3 is 2.54 bits per heavy atom. The Balaban J connectivity index is 1.83. The molecule has 0 atom stereocenters. The van der Waals surface area contributed by atoms with Crippen LogP contribution < -0.4 is 10.1 Å². The average molecular weight is 341 g/mol. The number of ether oxygens (including phenoxy) is 1. The van der Waals surface area contributed by atoms with Crippen molar-refractivity contribution in [1.82, 2.24) is 0 Å². The van der Waals surface area contributed by atoms with Crippen molar-refractivity contribution in [3.63, 3.8) is 0 Å². The molecule has 1 aliphatic rings. The van der Waals surface area contributed by atoms with Gasteiger partial charge in [0.05, 0.1) is 7.11 Å². The zero-order chi connectivity index (χ0) is 18.1. The molecule has 4 rings (SSSR count). The minimum atomic E-state index is -0.0635. The molecule has 0 bridgehead atoms. The molecule has 1 aliphatic heterocycles. The van der Waals surface area contributed by atoms with Crippen molar-refractivity contribution >= 4 is 23.2 Å². The molecule has 3 heteroatoms. The highest BCUT2D eigenvalue weighted by Crippen LogP contribution is 2.37. The molecule has 1 heterocycles. The molecule has 3 aromatic rings. The van der Waals surface area contributed by atoms with E-state index in [1.807, 2.05) is 61.5 Å². The van der Waals surface area contributed by atoms with E-state index in [2.05, 4.69) is 23.5 Å². The van der Waals surface area contributed by atoms with E-state index in [9.17, 15) is 4.79 Å². The number of carbonyl (C=O) groups excluding carboxylic acids is 1. The van der Waals surface area contributed by atoms with Crippen LogP contribution >= 0.6 is 0 Å². The summed E-state index contributed by atoms with van der Waals surface area (Å²) in [6.07, 6.45) is 1.94. The Kier molecular flexibility index (Phi) is 4.05. The quantitative estimate of drug-likeness (QED) is 0.668. The Hall–Kier alpha value is -3.33. The van der Waals surface area contributed by atoms with Gasteiger partial charge >= 0.3 is 0 Å². The van der Waals surface area contributed by atoms with Gasteiger partial charge in [0.1, 0.15) is 5.75 Å². The first-order chi connectivity index (χ1) is 12.7. The fourth-order valence-corrected chi connectivity index (χ4v) is 3.40. The third-order valence-electron chi connectivity index (χ3n) is 4.65. The van der Waals surface area contributed by atoms with E-state index in [-0.39, 0.29) is 5.91 Å². The molecule has 0 spiro atoms. The van der Waals surface area contributed by atoms with Crippen LogP contribution in [0.5, 0.6) is 5.75 Å². The lowest BCUT2D eigenvalue weighted by Crippen LogP contribution is -2.03. The molecular weight excluding hydrogens is 322 g/mol. The first-order valence-corrected chi connectivity index (χ1v) is 8.54. The number of benzene rings is 3. The Bertz CT molecular complexity index is 1020. The number of hydrogen-bond donors (Lipinski definition) is 1. The van der Waals surface area contributed by atoms with Crippen LogP contribution in [0.4, 0.5) is 5.69 Å². The molecule has 1 N–H and O–H groups in total. The van der Waals surface area contributed by atoms with Crippen molar-refractivity contribution in [2.75, 3.05) is 12.4 Å². The van der Waals surface area contributed by atoms with Crippen LogP contribution in [0.3, 0.4) is 0 Å². The number of methoxy groups -OCH3 is 1. The average Bonchev–Trinajstić information content (AvgIpc) is 2.99. The second kappa shape index (κ2) is 6.52. The molecule has 3 nitrogen and oxygen atoms in total. The fraction of sp³-hybridized carbons (Fsp3) is 0.0870. The zero-order valence-electron chi connectivity index (χ0n) is 14.7. The topological polar surface area (TPSA) is 38.3 Å². The fourth-order valence-electron chi connectivity index (χ4n) is 3.40. The summed E-state index contributed by atoms with van der Waals surface area (Å²) in [5.41, 5.74) is 6.69. The van der Waals surface area contributed by atoms with Crippen molar-refractivity contribution < 1.29 is 9.53 Å². The number of fused-ring (bicyclic) bond motifs is 1. The standard InChI is InChI=1S/C23H19NO2/c1-15-7-6-10-20-22(15)19(23(25)24-20)14-16-11-12-21(26-2)18(13-16)17-8-4-3-5-9-17/h3-14H,1-2H3,(H,24,25). The van der Waals surface area contributed by atoms with Crippen LogP contribution in [0, 0.1) is 6.92 Å². The Morgan fingerprint density at radius 2 is 1.77 bits per heavy atom. The third-order valence-corrected chi connectivity index (χ3v) is 4.65. The first kappa shape index (κ1) is 16.2. The van der Waals surface area contributed by atoms with Gasteiger partial charge in [0.25, 0.3) is 5.91 Å². The molecule has 0 aliphatic carbocycles. The van der Waals surface area contributed by atoms with Crippen molar-refractivity contribution in [3.8, 4) is 16.9 Å². The van der Waals surface area contributed by atoms with Crippen LogP contribution in [-0.4, -0.2) is 13.0 Å². The first-order valence-electron chi connectivity index (χ1n) is 8.54. The van der Waals surface area contributed by atoms with Crippen LogP contribution in [0.25, 0.3) is 22.8 Å². The van der Waals surface area contributed by atoms with Gasteiger partial charge in [-0.15, -0.1) is 0 Å². The number of anilines is 1. The van der Waals surface area contributed by atoms with Crippen LogP contribution in [0.1, 0.15) is 16.7 Å². The predicted molar refractivity (Wildman–Crippen MR) is 106 cm³/mol. The van der Waals surface area contributed by atoms with Crippen molar-refractivity contribution in [1.29, 1.82) is 0 Å². The summed E-state index contributed by atoms with van der Waals surface area (Å²) in [5.74, 6) is 0.747. The van der Waals surface area contributed by atoms with Crippen molar-refractivity contribution in [3.05, 3.63) is 83.4 Å². The largest absolute Gasteiger partial charge is 0.496 e. The van der Waals surface area contributed by atoms with Crippen LogP contribution in [0.15, 0.2) is 66.7 Å². The van der Waals surface area contributed by atoms with Gasteiger partial charge in [-0.05, 0) is 47.9 Å². The van der Waals surface area contributed by atoms with Crippen LogP contribution in [0.2, 0.25) is 0 Å². The van der Waals surface area contributed by atoms with E-state index in [1.165, 1.54) is 0 Å². The van der Waals surface area contributed by atoms with E-state index in [0.717, 1.165) is 39.3 Å². The molecule has 1 amide bonds. The van der Waals surface area contributed by atoms with Gasteiger partial charge in [-0.25, -0.2) is 0 Å². The summed E-state index contributed by atoms with van der Waals surface area (Å²) in [5, 5.41) is 2.95. The van der Waals surface area contributed by atoms with Gasteiger partial charge in [-0.1, -0.05) is 48.5 Å². The smallest absolute Gasteiger partial charge is 0.256 e. The lowest BCUT2D eigenvalue weighted by molar-refractivity contribution is -0.110. The summed E-state index contributed by atoms with van der Waals surface area (Å²) in [4.78, 5) is 12.5. The highest BCUT2D eigenvalue weighted by atomic mass is 16.5. The molecule has 0 saturated heterocycles. The number of nitrogens with one attached hydrogen (secondary N) is 1. The monoisotopic (exact) mass is 341 g/mol. The van der Waals surface area contributed by atoms with Gasteiger partial charge in [0, 0.05) is 22.4 Å². The number of rotatable bonds is 3. The summed E-state index contributed by atoms with van der Waals surface area (Å²) < 4.78 is 5.52. The number of hydrogen-bond acceptors (Lipinski definition) is 2. The second-order valence-electron chi connectivity index (χ2n) is 6.34. The third kappa shape index (κ3) is 2.78. The van der Waals surface area contributed by atoms with E-state index in [4.69, 9.17) is 4.74 Å². The molecular formula is C23H19NO2. The maximum Gasteiger partial charge on any atom is 0.256 e. The summed E-state index contributed by atoms with van der Waals surface area (Å²) in [6.45, 7) is 2.02. The highest BCUT2D eigenvalue weighted by Gasteiger charge is 2.25. The summed E-state index contributed by atoms with van der Waals surface area (Å²) >= 11 is 0. The minimum Gasteiger partial charge on any atom is -0.496 e. The SMILES string of the molecule is COc1ccc(C=C2C(=O)Nc3cccc(C)c32)cc1-c1ccccc1. The van der Waals surface area contributed by atoms with Gasteiger partial charge < -0.3 is 10.1 Å². The number of carbonyl (C=O) groups is 1. The van der Waals surface area contributed by atoms with E-state index in [1.54, 1.807) is 7.11 Å². The number of aryl methyl sites for hydroxylation is 1.